The second-order valence-electron chi connectivity index (χ2n) is 3.21. The van der Waals surface area contributed by atoms with Crippen molar-refractivity contribution in [1.29, 1.82) is 0 Å². The average Bonchev–Trinajstić information content (AvgIpc) is 2.74. The molecule has 0 aliphatic heterocycles. The predicted octanol–water partition coefficient (Wildman–Crippen LogP) is 3.36. The minimum atomic E-state index is -1.01. The van der Waals surface area contributed by atoms with Crippen LogP contribution in [0, 0.1) is 6.92 Å². The summed E-state index contributed by atoms with van der Waals surface area (Å²) in [5.41, 5.74) is 6.77. The highest BCUT2D eigenvalue weighted by Gasteiger charge is 2.20. The van der Waals surface area contributed by atoms with Crippen molar-refractivity contribution in [2.24, 2.45) is 0 Å². The van der Waals surface area contributed by atoms with E-state index in [1.54, 1.807) is 19.1 Å². The lowest BCUT2D eigenvalue weighted by Crippen LogP contribution is -1.97. The molecule has 0 aromatic carbocycles. The second-order valence-corrected chi connectivity index (χ2v) is 5.01. The first kappa shape index (κ1) is 11.2. The Balaban J connectivity index is 2.58. The third-order valence-corrected chi connectivity index (χ3v) is 3.92. The van der Waals surface area contributed by atoms with Crippen LogP contribution in [-0.2, 0) is 0 Å². The van der Waals surface area contributed by atoms with E-state index in [1.807, 2.05) is 0 Å². The van der Waals surface area contributed by atoms with Gasteiger partial charge in [-0.25, -0.2) is 4.79 Å². The zero-order valence-corrected chi connectivity index (χ0v) is 10.7. The summed E-state index contributed by atoms with van der Waals surface area (Å²) >= 11 is 4.32. The maximum atomic E-state index is 10.9. The lowest BCUT2D eigenvalue weighted by atomic mass is 10.2. The van der Waals surface area contributed by atoms with Gasteiger partial charge in [0, 0.05) is 0 Å². The number of anilines is 1. The van der Waals surface area contributed by atoms with Crippen molar-refractivity contribution in [2.75, 3.05) is 5.73 Å². The smallest absolute Gasteiger partial charge is 0.348 e. The number of hydrogen-bond acceptors (Lipinski definition) is 4. The van der Waals surface area contributed by atoms with Gasteiger partial charge < -0.3 is 15.3 Å². The topological polar surface area (TPSA) is 76.5 Å². The summed E-state index contributed by atoms with van der Waals surface area (Å²) in [5.74, 6) is -0.393. The number of halogens is 1. The van der Waals surface area contributed by atoms with Gasteiger partial charge >= 0.3 is 5.97 Å². The molecule has 0 bridgehead atoms. The van der Waals surface area contributed by atoms with E-state index in [1.165, 1.54) is 0 Å². The van der Waals surface area contributed by atoms with Crippen molar-refractivity contribution in [1.82, 2.24) is 0 Å². The molecule has 2 heterocycles. The predicted molar refractivity (Wildman–Crippen MR) is 65.8 cm³/mol. The van der Waals surface area contributed by atoms with Gasteiger partial charge in [0.05, 0.1) is 10.6 Å². The standard InChI is InChI=1S/C10H8BrNO3S/c1-4-7(12)9(10(13)14)16-8(4)5-2-3-6(11)15-5/h2-3H,12H2,1H3,(H,13,14). The van der Waals surface area contributed by atoms with Gasteiger partial charge in [0.15, 0.2) is 4.67 Å². The van der Waals surface area contributed by atoms with Crippen LogP contribution < -0.4 is 5.73 Å². The fraction of sp³-hybridized carbons (Fsp3) is 0.100. The number of nitrogen functional groups attached to an aromatic ring is 1. The van der Waals surface area contributed by atoms with Crippen molar-refractivity contribution < 1.29 is 14.3 Å². The number of aromatic carboxylic acids is 1. The van der Waals surface area contributed by atoms with Gasteiger partial charge in [0.25, 0.3) is 0 Å². The van der Waals surface area contributed by atoms with Crippen LogP contribution in [0.1, 0.15) is 15.2 Å². The van der Waals surface area contributed by atoms with E-state index in [9.17, 15) is 4.79 Å². The fourth-order valence-electron chi connectivity index (χ4n) is 1.36. The SMILES string of the molecule is Cc1c(-c2ccc(Br)o2)sc(C(=O)O)c1N. The second kappa shape index (κ2) is 3.95. The number of nitrogens with two attached hydrogens (primary N) is 1. The van der Waals surface area contributed by atoms with E-state index in [-0.39, 0.29) is 4.88 Å². The number of rotatable bonds is 2. The molecule has 0 saturated carbocycles. The van der Waals surface area contributed by atoms with Gasteiger partial charge in [-0.2, -0.15) is 0 Å². The largest absolute Gasteiger partial charge is 0.477 e. The normalized spacial score (nSPS) is 10.6. The molecule has 2 aromatic heterocycles. The third kappa shape index (κ3) is 1.74. The Morgan fingerprint density at radius 2 is 2.25 bits per heavy atom. The third-order valence-electron chi connectivity index (χ3n) is 2.18. The highest BCUT2D eigenvalue weighted by Crippen LogP contribution is 2.39. The molecule has 0 saturated heterocycles. The van der Waals surface area contributed by atoms with Gasteiger partial charge in [0.1, 0.15) is 10.6 Å². The number of furan rings is 1. The lowest BCUT2D eigenvalue weighted by Gasteiger charge is -1.94. The van der Waals surface area contributed by atoms with Gasteiger partial charge in [-0.05, 0) is 40.5 Å². The van der Waals surface area contributed by atoms with Crippen molar-refractivity contribution in [2.45, 2.75) is 6.92 Å². The summed E-state index contributed by atoms with van der Waals surface area (Å²) in [6.07, 6.45) is 0. The summed E-state index contributed by atoms with van der Waals surface area (Å²) in [6.45, 7) is 1.78. The molecule has 2 aromatic rings. The first-order valence-electron chi connectivity index (χ1n) is 4.38. The Labute approximate surface area is 104 Å². The quantitative estimate of drug-likeness (QED) is 0.891. The van der Waals surface area contributed by atoms with Crippen LogP contribution in [0.3, 0.4) is 0 Å². The Bertz CT molecular complexity index is 558. The lowest BCUT2D eigenvalue weighted by molar-refractivity contribution is 0.0703. The Kier molecular flexibility index (Phi) is 2.77. The van der Waals surface area contributed by atoms with Gasteiger partial charge in [-0.15, -0.1) is 11.3 Å². The summed E-state index contributed by atoms with van der Waals surface area (Å²) < 4.78 is 5.98. The molecule has 0 amide bonds. The van der Waals surface area contributed by atoms with Crippen LogP contribution >= 0.6 is 27.3 Å². The first-order chi connectivity index (χ1) is 7.50. The average molecular weight is 302 g/mol. The molecular weight excluding hydrogens is 294 g/mol. The van der Waals surface area contributed by atoms with Crippen LogP contribution in [0.15, 0.2) is 21.2 Å². The number of carboxylic acids is 1. The van der Waals surface area contributed by atoms with Crippen molar-refractivity contribution in [3.8, 4) is 10.6 Å². The van der Waals surface area contributed by atoms with Gasteiger partial charge in [-0.3, -0.25) is 0 Å². The molecule has 84 valence electrons. The molecular formula is C10H8BrNO3S. The first-order valence-corrected chi connectivity index (χ1v) is 5.99. The summed E-state index contributed by atoms with van der Waals surface area (Å²) in [4.78, 5) is 11.8. The summed E-state index contributed by atoms with van der Waals surface area (Å²) in [6, 6.07) is 3.53. The summed E-state index contributed by atoms with van der Waals surface area (Å²) in [5, 5.41) is 8.95. The van der Waals surface area contributed by atoms with Crippen LogP contribution in [0.25, 0.3) is 10.6 Å². The molecule has 0 spiro atoms. The highest BCUT2D eigenvalue weighted by atomic mass is 79.9. The molecule has 0 radical (unpaired) electrons. The molecule has 0 aliphatic rings. The molecule has 3 N–H and O–H groups in total. The van der Waals surface area contributed by atoms with Crippen molar-refractivity contribution in [3.05, 3.63) is 27.2 Å². The van der Waals surface area contributed by atoms with E-state index < -0.39 is 5.97 Å². The van der Waals surface area contributed by atoms with Crippen LogP contribution in [0.4, 0.5) is 5.69 Å². The number of thiophene rings is 1. The molecule has 0 atom stereocenters. The summed E-state index contributed by atoms with van der Waals surface area (Å²) in [7, 11) is 0. The fourth-order valence-corrected chi connectivity index (χ4v) is 2.69. The van der Waals surface area contributed by atoms with Crippen molar-refractivity contribution in [3.63, 3.8) is 0 Å². The van der Waals surface area contributed by atoms with Crippen LogP contribution in [0.5, 0.6) is 0 Å². The molecule has 4 nitrogen and oxygen atoms in total. The minimum absolute atomic E-state index is 0.153. The number of carbonyl (C=O) groups is 1. The molecule has 0 unspecified atom stereocenters. The van der Waals surface area contributed by atoms with Gasteiger partial charge in [-0.1, -0.05) is 0 Å². The molecule has 0 aliphatic carbocycles. The van der Waals surface area contributed by atoms with Crippen LogP contribution in [-0.4, -0.2) is 11.1 Å². The van der Waals surface area contributed by atoms with E-state index in [0.29, 0.717) is 16.1 Å². The number of carboxylic acid groups (broad SMARTS) is 1. The van der Waals surface area contributed by atoms with E-state index in [0.717, 1.165) is 21.8 Å². The van der Waals surface area contributed by atoms with E-state index >= 15 is 0 Å². The van der Waals surface area contributed by atoms with E-state index in [4.69, 9.17) is 15.3 Å². The van der Waals surface area contributed by atoms with Crippen molar-refractivity contribution >= 4 is 38.9 Å². The Morgan fingerprint density at radius 3 is 2.69 bits per heavy atom. The Hall–Kier alpha value is -1.27. The highest BCUT2D eigenvalue weighted by molar-refractivity contribution is 9.10. The molecule has 16 heavy (non-hydrogen) atoms. The van der Waals surface area contributed by atoms with Crippen LogP contribution in [0.2, 0.25) is 0 Å². The molecule has 6 heteroatoms. The molecule has 0 fully saturated rings. The maximum absolute atomic E-state index is 10.9. The monoisotopic (exact) mass is 301 g/mol. The maximum Gasteiger partial charge on any atom is 0.348 e. The molecule has 2 rings (SSSR count). The number of hydrogen-bond donors (Lipinski definition) is 2. The zero-order valence-electron chi connectivity index (χ0n) is 8.28. The minimum Gasteiger partial charge on any atom is -0.477 e. The Morgan fingerprint density at radius 1 is 1.56 bits per heavy atom. The zero-order chi connectivity index (χ0) is 11.9. The van der Waals surface area contributed by atoms with E-state index in [2.05, 4.69) is 15.9 Å². The van der Waals surface area contributed by atoms with Gasteiger partial charge in [0.2, 0.25) is 0 Å².